The Kier molecular flexibility index (Phi) is 5.71. The summed E-state index contributed by atoms with van der Waals surface area (Å²) in [7, 11) is 0. The van der Waals surface area contributed by atoms with E-state index in [1.165, 1.54) is 19.1 Å². The molecule has 4 N–H and O–H groups in total. The molecule has 2 amide bonds. The molecule has 0 saturated heterocycles. The fourth-order valence-electron chi connectivity index (χ4n) is 1.57. The van der Waals surface area contributed by atoms with E-state index in [-0.39, 0.29) is 17.9 Å². The summed E-state index contributed by atoms with van der Waals surface area (Å²) in [6.45, 7) is 2.76. The van der Waals surface area contributed by atoms with Crippen LogP contribution in [0.3, 0.4) is 0 Å². The van der Waals surface area contributed by atoms with Crippen molar-refractivity contribution < 1.29 is 24.2 Å². The van der Waals surface area contributed by atoms with Crippen LogP contribution in [-0.2, 0) is 9.59 Å². The maximum absolute atomic E-state index is 11.7. The van der Waals surface area contributed by atoms with Gasteiger partial charge in [-0.3, -0.25) is 14.4 Å². The number of nitrogens with one attached hydrogen (secondary N) is 1. The number of nitrogens with two attached hydrogens (primary N) is 1. The molecule has 0 aliphatic rings. The van der Waals surface area contributed by atoms with E-state index in [4.69, 9.17) is 15.6 Å². The van der Waals surface area contributed by atoms with Crippen molar-refractivity contribution in [1.29, 1.82) is 0 Å². The van der Waals surface area contributed by atoms with Crippen LogP contribution in [-0.4, -0.2) is 35.5 Å². The molecular formula is C14H18N2O5. The Hall–Kier alpha value is -2.57. The van der Waals surface area contributed by atoms with Gasteiger partial charge in [-0.15, -0.1) is 0 Å². The Bertz CT molecular complexity index is 544. The van der Waals surface area contributed by atoms with E-state index in [0.29, 0.717) is 0 Å². The molecule has 0 heterocycles. The molecule has 0 bridgehead atoms. The lowest BCUT2D eigenvalue weighted by Crippen LogP contribution is -2.42. The lowest BCUT2D eigenvalue weighted by molar-refractivity contribution is -0.142. The third kappa shape index (κ3) is 4.79. The largest absolute Gasteiger partial charge is 0.483 e. The fourth-order valence-corrected chi connectivity index (χ4v) is 1.57. The van der Waals surface area contributed by atoms with Crippen molar-refractivity contribution in [2.45, 2.75) is 19.9 Å². The molecule has 0 aliphatic heterocycles. The molecule has 2 unspecified atom stereocenters. The third-order valence-electron chi connectivity index (χ3n) is 3.04. The summed E-state index contributed by atoms with van der Waals surface area (Å²) in [5.41, 5.74) is 5.37. The number of carboxylic acid groups (broad SMARTS) is 1. The minimum Gasteiger partial charge on any atom is -0.483 e. The van der Waals surface area contributed by atoms with E-state index < -0.39 is 29.7 Å². The predicted molar refractivity (Wildman–Crippen MR) is 74.9 cm³/mol. The van der Waals surface area contributed by atoms with Crippen molar-refractivity contribution in [2.24, 2.45) is 11.7 Å². The maximum atomic E-state index is 11.7. The van der Waals surface area contributed by atoms with Gasteiger partial charge in [0.2, 0.25) is 0 Å². The van der Waals surface area contributed by atoms with Gasteiger partial charge >= 0.3 is 5.97 Å². The van der Waals surface area contributed by atoms with Gasteiger partial charge in [-0.05, 0) is 26.0 Å². The van der Waals surface area contributed by atoms with Crippen LogP contribution in [0.2, 0.25) is 0 Å². The number of carboxylic acids is 1. The smallest absolute Gasteiger partial charge is 0.308 e. The molecule has 7 nitrogen and oxygen atoms in total. The molecule has 0 spiro atoms. The van der Waals surface area contributed by atoms with Gasteiger partial charge in [0, 0.05) is 6.04 Å². The van der Waals surface area contributed by atoms with Gasteiger partial charge < -0.3 is 20.9 Å². The Morgan fingerprint density at radius 2 is 1.90 bits per heavy atom. The second kappa shape index (κ2) is 7.28. The van der Waals surface area contributed by atoms with E-state index in [1.807, 2.05) is 0 Å². The van der Waals surface area contributed by atoms with Crippen LogP contribution >= 0.6 is 0 Å². The van der Waals surface area contributed by atoms with Crippen LogP contribution in [0, 0.1) is 5.92 Å². The summed E-state index contributed by atoms with van der Waals surface area (Å²) >= 11 is 0. The number of aliphatic carboxylic acids is 1. The van der Waals surface area contributed by atoms with E-state index in [1.54, 1.807) is 19.1 Å². The Balaban J connectivity index is 2.58. The molecule has 0 fully saturated rings. The molecular weight excluding hydrogens is 276 g/mol. The van der Waals surface area contributed by atoms with Crippen molar-refractivity contribution in [3.05, 3.63) is 29.8 Å². The van der Waals surface area contributed by atoms with E-state index >= 15 is 0 Å². The number of hydrogen-bond acceptors (Lipinski definition) is 4. The van der Waals surface area contributed by atoms with Crippen LogP contribution < -0.4 is 15.8 Å². The zero-order chi connectivity index (χ0) is 16.0. The quantitative estimate of drug-likeness (QED) is 0.672. The number of para-hydroxylation sites is 1. The number of hydrogen-bond donors (Lipinski definition) is 3. The van der Waals surface area contributed by atoms with Crippen molar-refractivity contribution in [3.8, 4) is 5.75 Å². The second-order valence-electron chi connectivity index (χ2n) is 4.63. The van der Waals surface area contributed by atoms with Crippen LogP contribution in [0.1, 0.15) is 24.2 Å². The van der Waals surface area contributed by atoms with Crippen molar-refractivity contribution in [2.75, 3.05) is 6.61 Å². The molecule has 2 atom stereocenters. The standard InChI is InChI=1S/C14H18N2O5/c1-8(14(19)20)9(2)16-12(17)7-21-11-6-4-3-5-10(11)13(15)18/h3-6,8-9H,7H2,1-2H3,(H2,15,18)(H,16,17)(H,19,20). The first kappa shape index (κ1) is 16.5. The van der Waals surface area contributed by atoms with Crippen LogP contribution in [0.15, 0.2) is 24.3 Å². The molecule has 114 valence electrons. The number of benzene rings is 1. The number of carbonyl (C=O) groups excluding carboxylic acids is 2. The Labute approximate surface area is 122 Å². The summed E-state index contributed by atoms with van der Waals surface area (Å²) in [5, 5.41) is 11.4. The normalized spacial score (nSPS) is 13.0. The fraction of sp³-hybridized carbons (Fsp3) is 0.357. The topological polar surface area (TPSA) is 119 Å². The summed E-state index contributed by atoms with van der Waals surface area (Å²) in [4.78, 5) is 33.7. The highest BCUT2D eigenvalue weighted by atomic mass is 16.5. The van der Waals surface area contributed by atoms with Crippen molar-refractivity contribution in [1.82, 2.24) is 5.32 Å². The molecule has 21 heavy (non-hydrogen) atoms. The summed E-state index contributed by atoms with van der Waals surface area (Å²) < 4.78 is 5.24. The predicted octanol–water partition coefficient (Wildman–Crippen LogP) is 0.390. The first-order chi connectivity index (χ1) is 9.82. The molecule has 0 aliphatic carbocycles. The lowest BCUT2D eigenvalue weighted by Gasteiger charge is -2.18. The van der Waals surface area contributed by atoms with Gasteiger partial charge in [0.25, 0.3) is 11.8 Å². The van der Waals surface area contributed by atoms with Crippen LogP contribution in [0.25, 0.3) is 0 Å². The number of rotatable bonds is 7. The van der Waals surface area contributed by atoms with Crippen molar-refractivity contribution in [3.63, 3.8) is 0 Å². The second-order valence-corrected chi connectivity index (χ2v) is 4.63. The average molecular weight is 294 g/mol. The van der Waals surface area contributed by atoms with Crippen LogP contribution in [0.5, 0.6) is 5.75 Å². The van der Waals surface area contributed by atoms with Gasteiger partial charge in [-0.2, -0.15) is 0 Å². The minimum absolute atomic E-state index is 0.178. The molecule has 1 aromatic carbocycles. The number of amides is 2. The molecule has 0 saturated carbocycles. The molecule has 1 aromatic rings. The monoisotopic (exact) mass is 294 g/mol. The highest BCUT2D eigenvalue weighted by molar-refractivity contribution is 5.95. The first-order valence-electron chi connectivity index (χ1n) is 6.36. The minimum atomic E-state index is -0.997. The zero-order valence-electron chi connectivity index (χ0n) is 11.8. The van der Waals surface area contributed by atoms with Crippen LogP contribution in [0.4, 0.5) is 0 Å². The van der Waals surface area contributed by atoms with Crippen molar-refractivity contribution >= 4 is 17.8 Å². The number of primary amides is 1. The highest BCUT2D eigenvalue weighted by Gasteiger charge is 2.21. The van der Waals surface area contributed by atoms with Gasteiger partial charge in [-0.1, -0.05) is 12.1 Å². The van der Waals surface area contributed by atoms with E-state index in [9.17, 15) is 14.4 Å². The SMILES string of the molecule is CC(NC(=O)COc1ccccc1C(N)=O)C(C)C(=O)O. The Morgan fingerprint density at radius 3 is 2.48 bits per heavy atom. The molecule has 7 heteroatoms. The average Bonchev–Trinajstić information content (AvgIpc) is 2.44. The van der Waals surface area contributed by atoms with Gasteiger partial charge in [0.15, 0.2) is 6.61 Å². The zero-order valence-corrected chi connectivity index (χ0v) is 11.8. The van der Waals surface area contributed by atoms with E-state index in [0.717, 1.165) is 0 Å². The number of ether oxygens (including phenoxy) is 1. The summed E-state index contributed by atoms with van der Waals surface area (Å²) in [6.07, 6.45) is 0. The summed E-state index contributed by atoms with van der Waals surface area (Å²) in [5.74, 6) is -2.64. The van der Waals surface area contributed by atoms with E-state index in [2.05, 4.69) is 5.32 Å². The Morgan fingerprint density at radius 1 is 1.29 bits per heavy atom. The van der Waals surface area contributed by atoms with Gasteiger partial charge in [0.05, 0.1) is 11.5 Å². The summed E-state index contributed by atoms with van der Waals surface area (Å²) in [6, 6.07) is 5.75. The van der Waals surface area contributed by atoms with Gasteiger partial charge in [0.1, 0.15) is 5.75 Å². The molecule has 0 aromatic heterocycles. The maximum Gasteiger partial charge on any atom is 0.308 e. The highest BCUT2D eigenvalue weighted by Crippen LogP contribution is 2.16. The number of carbonyl (C=O) groups is 3. The lowest BCUT2D eigenvalue weighted by atomic mass is 10.0. The first-order valence-corrected chi connectivity index (χ1v) is 6.36. The van der Waals surface area contributed by atoms with Gasteiger partial charge in [-0.25, -0.2) is 0 Å². The molecule has 1 rings (SSSR count). The third-order valence-corrected chi connectivity index (χ3v) is 3.04. The molecule has 0 radical (unpaired) electrons.